The highest BCUT2D eigenvalue weighted by atomic mass is 127. The molecule has 0 fully saturated rings. The monoisotopic (exact) mass is 389 g/mol. The molecule has 0 spiro atoms. The molecule has 98 valence electrons. The second-order valence-corrected chi connectivity index (χ2v) is 5.44. The summed E-state index contributed by atoms with van der Waals surface area (Å²) in [6, 6.07) is -0.734. The van der Waals surface area contributed by atoms with E-state index in [4.69, 9.17) is 11.6 Å². The summed E-state index contributed by atoms with van der Waals surface area (Å²) in [7, 11) is 0. The van der Waals surface area contributed by atoms with Crippen LogP contribution in [-0.4, -0.2) is 20.7 Å². The van der Waals surface area contributed by atoms with E-state index in [0.717, 1.165) is 3.57 Å². The first kappa shape index (κ1) is 13.9. The van der Waals surface area contributed by atoms with E-state index in [1.807, 2.05) is 22.6 Å². The van der Waals surface area contributed by atoms with Gasteiger partial charge in [0, 0.05) is 15.8 Å². The van der Waals surface area contributed by atoms with Crippen molar-refractivity contribution in [2.24, 2.45) is 0 Å². The fraction of sp³-hybridized carbons (Fsp3) is 0.400. The lowest BCUT2D eigenvalue weighted by Gasteiger charge is -2.16. The minimum Gasteiger partial charge on any atom is -0.328 e. The van der Waals surface area contributed by atoms with E-state index in [2.05, 4.69) is 9.97 Å². The Bertz CT molecular complexity index is 581. The normalized spacial score (nSPS) is 14.1. The Morgan fingerprint density at radius 3 is 2.72 bits per heavy atom. The lowest BCUT2D eigenvalue weighted by molar-refractivity contribution is -0.141. The van der Waals surface area contributed by atoms with Crippen LogP contribution in [0.15, 0.2) is 12.5 Å². The minimum absolute atomic E-state index is 0.252. The summed E-state index contributed by atoms with van der Waals surface area (Å²) in [5, 5.41) is 0.844. The molecule has 0 aliphatic rings. The highest BCUT2D eigenvalue weighted by molar-refractivity contribution is 14.1. The summed E-state index contributed by atoms with van der Waals surface area (Å²) in [5.41, 5.74) is 0.427. The van der Waals surface area contributed by atoms with Crippen molar-refractivity contribution in [2.45, 2.75) is 25.6 Å². The molecule has 1 atom stereocenters. The Morgan fingerprint density at radius 2 is 2.11 bits per heavy atom. The summed E-state index contributed by atoms with van der Waals surface area (Å²) in [6.07, 6.45) is -2.26. The number of rotatable bonds is 2. The Hall–Kier alpha value is -0.570. The predicted octanol–water partition coefficient (Wildman–Crippen LogP) is 4.20. The van der Waals surface area contributed by atoms with Gasteiger partial charge in [0.25, 0.3) is 0 Å². The van der Waals surface area contributed by atoms with Crippen molar-refractivity contribution in [1.82, 2.24) is 14.5 Å². The van der Waals surface area contributed by atoms with Gasteiger partial charge in [0.2, 0.25) is 0 Å². The van der Waals surface area contributed by atoms with Crippen LogP contribution in [0.4, 0.5) is 13.2 Å². The van der Waals surface area contributed by atoms with Gasteiger partial charge in [-0.2, -0.15) is 13.2 Å². The molecule has 2 aromatic rings. The molecule has 0 radical (unpaired) electrons. The Labute approximate surface area is 119 Å². The third kappa shape index (κ3) is 2.71. The molecule has 0 bridgehead atoms. The van der Waals surface area contributed by atoms with Crippen LogP contribution in [0.3, 0.4) is 0 Å². The van der Waals surface area contributed by atoms with Gasteiger partial charge in [-0.15, -0.1) is 0 Å². The molecule has 2 heterocycles. The molecule has 18 heavy (non-hydrogen) atoms. The van der Waals surface area contributed by atoms with Gasteiger partial charge in [0.1, 0.15) is 17.1 Å². The van der Waals surface area contributed by atoms with Crippen molar-refractivity contribution < 1.29 is 13.2 Å². The van der Waals surface area contributed by atoms with Crippen LogP contribution < -0.4 is 0 Å². The smallest absolute Gasteiger partial charge is 0.328 e. The molecule has 1 unspecified atom stereocenters. The van der Waals surface area contributed by atoms with Gasteiger partial charge in [-0.25, -0.2) is 9.97 Å². The zero-order valence-electron chi connectivity index (χ0n) is 9.17. The van der Waals surface area contributed by atoms with Crippen LogP contribution in [0, 0.1) is 3.57 Å². The molecule has 3 nitrogen and oxygen atoms in total. The molecule has 0 N–H and O–H groups in total. The number of aromatic nitrogens is 3. The molecule has 0 aromatic carbocycles. The Balaban J connectivity index is 2.49. The second-order valence-electron chi connectivity index (χ2n) is 3.92. The van der Waals surface area contributed by atoms with Crippen LogP contribution in [0.2, 0.25) is 5.15 Å². The quantitative estimate of drug-likeness (QED) is 0.569. The molecular weight excluding hydrogens is 381 g/mol. The number of fused-ring (bicyclic) bond motifs is 1. The van der Waals surface area contributed by atoms with E-state index in [0.29, 0.717) is 11.0 Å². The van der Waals surface area contributed by atoms with Crippen molar-refractivity contribution in [3.05, 3.63) is 21.2 Å². The molecular formula is C10H8ClF3IN3. The molecule has 0 amide bonds. The first-order chi connectivity index (χ1) is 8.29. The van der Waals surface area contributed by atoms with Crippen molar-refractivity contribution in [3.8, 4) is 0 Å². The van der Waals surface area contributed by atoms with Crippen LogP contribution >= 0.6 is 34.2 Å². The van der Waals surface area contributed by atoms with Gasteiger partial charge in [-0.05, 0) is 29.5 Å². The Kier molecular flexibility index (Phi) is 3.72. The molecule has 2 rings (SSSR count). The summed E-state index contributed by atoms with van der Waals surface area (Å²) in [4.78, 5) is 7.84. The maximum absolute atomic E-state index is 12.4. The largest absolute Gasteiger partial charge is 0.391 e. The molecule has 2 aromatic heterocycles. The molecule has 0 saturated heterocycles. The average molecular weight is 390 g/mol. The summed E-state index contributed by atoms with van der Waals surface area (Å²) in [6.45, 7) is 1.50. The number of nitrogens with zero attached hydrogens (tertiary/aromatic N) is 3. The van der Waals surface area contributed by atoms with Crippen molar-refractivity contribution in [2.75, 3.05) is 0 Å². The average Bonchev–Trinajstić information content (AvgIpc) is 2.55. The summed E-state index contributed by atoms with van der Waals surface area (Å²) < 4.78 is 39.4. The standard InChI is InChI=1S/C10H8ClF3IN3/c1-5(2-10(12,13)14)18-3-6(15)7-8(11)16-4-17-9(7)18/h3-5H,2H2,1H3. The minimum atomic E-state index is -4.21. The maximum atomic E-state index is 12.4. The first-order valence-electron chi connectivity index (χ1n) is 5.03. The van der Waals surface area contributed by atoms with Gasteiger partial charge in [0.15, 0.2) is 0 Å². The number of hydrogen-bond donors (Lipinski definition) is 0. The molecule has 0 aliphatic heterocycles. The Morgan fingerprint density at radius 1 is 1.44 bits per heavy atom. The van der Waals surface area contributed by atoms with Crippen LogP contribution in [-0.2, 0) is 0 Å². The number of alkyl halides is 3. The zero-order valence-corrected chi connectivity index (χ0v) is 12.1. The predicted molar refractivity (Wildman–Crippen MR) is 70.6 cm³/mol. The van der Waals surface area contributed by atoms with Crippen LogP contribution in [0.25, 0.3) is 11.0 Å². The van der Waals surface area contributed by atoms with Crippen molar-refractivity contribution in [1.29, 1.82) is 0 Å². The number of halogens is 5. The summed E-state index contributed by atoms with van der Waals surface area (Å²) >= 11 is 7.93. The van der Waals surface area contributed by atoms with Crippen LogP contribution in [0.5, 0.6) is 0 Å². The van der Waals surface area contributed by atoms with E-state index in [9.17, 15) is 13.2 Å². The lowest BCUT2D eigenvalue weighted by atomic mass is 10.2. The van der Waals surface area contributed by atoms with Gasteiger partial charge in [0.05, 0.1) is 11.8 Å². The van der Waals surface area contributed by atoms with Gasteiger partial charge in [-0.1, -0.05) is 11.6 Å². The second kappa shape index (κ2) is 4.84. The van der Waals surface area contributed by atoms with Crippen molar-refractivity contribution in [3.63, 3.8) is 0 Å². The highest BCUT2D eigenvalue weighted by Crippen LogP contribution is 2.33. The highest BCUT2D eigenvalue weighted by Gasteiger charge is 2.31. The zero-order chi connectivity index (χ0) is 13.5. The SMILES string of the molecule is CC(CC(F)(F)F)n1cc(I)c2c(Cl)ncnc21. The lowest BCUT2D eigenvalue weighted by Crippen LogP contribution is -2.16. The molecule has 8 heteroatoms. The van der Waals surface area contributed by atoms with Crippen LogP contribution in [0.1, 0.15) is 19.4 Å². The third-order valence-electron chi connectivity index (χ3n) is 2.52. The molecule has 0 saturated carbocycles. The van der Waals surface area contributed by atoms with E-state index in [1.165, 1.54) is 17.8 Å². The maximum Gasteiger partial charge on any atom is 0.391 e. The summed E-state index contributed by atoms with van der Waals surface area (Å²) in [5.74, 6) is 0. The third-order valence-corrected chi connectivity index (χ3v) is 3.62. The van der Waals surface area contributed by atoms with Gasteiger partial charge in [-0.3, -0.25) is 0 Å². The van der Waals surface area contributed by atoms with E-state index >= 15 is 0 Å². The fourth-order valence-electron chi connectivity index (χ4n) is 1.77. The van der Waals surface area contributed by atoms with Crippen molar-refractivity contribution >= 4 is 45.2 Å². The topological polar surface area (TPSA) is 30.7 Å². The van der Waals surface area contributed by atoms with E-state index in [-0.39, 0.29) is 5.15 Å². The van der Waals surface area contributed by atoms with Gasteiger partial charge >= 0.3 is 6.18 Å². The number of hydrogen-bond acceptors (Lipinski definition) is 2. The molecule has 0 aliphatic carbocycles. The van der Waals surface area contributed by atoms with Gasteiger partial charge < -0.3 is 4.57 Å². The van der Waals surface area contributed by atoms with E-state index in [1.54, 1.807) is 6.20 Å². The van der Waals surface area contributed by atoms with E-state index < -0.39 is 18.6 Å². The first-order valence-corrected chi connectivity index (χ1v) is 6.48. The fourth-order valence-corrected chi connectivity index (χ4v) is 2.96.